The molecule has 2 saturated carbocycles. The first-order valence-corrected chi connectivity index (χ1v) is 8.21. The minimum absolute atomic E-state index is 0.0390. The van der Waals surface area contributed by atoms with E-state index in [9.17, 15) is 9.59 Å². The molecule has 1 aliphatic heterocycles. The predicted octanol–water partition coefficient (Wildman–Crippen LogP) is 2.08. The third-order valence-electron chi connectivity index (χ3n) is 5.61. The lowest BCUT2D eigenvalue weighted by Gasteiger charge is -2.45. The first-order chi connectivity index (χ1) is 9.61. The molecule has 3 fully saturated rings. The van der Waals surface area contributed by atoms with Crippen LogP contribution < -0.4 is 5.32 Å². The van der Waals surface area contributed by atoms with Gasteiger partial charge in [0.2, 0.25) is 11.8 Å². The van der Waals surface area contributed by atoms with E-state index in [0.29, 0.717) is 11.8 Å². The highest BCUT2D eigenvalue weighted by Crippen LogP contribution is 2.35. The summed E-state index contributed by atoms with van der Waals surface area (Å²) in [6.45, 7) is 3.33. The number of nitrogens with zero attached hydrogens (tertiary/aromatic N) is 1. The van der Waals surface area contributed by atoms with Crippen molar-refractivity contribution < 1.29 is 9.59 Å². The Morgan fingerprint density at radius 3 is 2.55 bits per heavy atom. The van der Waals surface area contributed by atoms with E-state index < -0.39 is 5.54 Å². The molecule has 0 aromatic carbocycles. The van der Waals surface area contributed by atoms with E-state index in [2.05, 4.69) is 12.2 Å². The van der Waals surface area contributed by atoms with Gasteiger partial charge in [-0.2, -0.15) is 0 Å². The van der Waals surface area contributed by atoms with Gasteiger partial charge in [-0.3, -0.25) is 9.59 Å². The van der Waals surface area contributed by atoms with Gasteiger partial charge in [-0.25, -0.2) is 0 Å². The number of rotatable bonds is 2. The molecule has 1 heterocycles. The Balaban J connectivity index is 1.73. The lowest BCUT2D eigenvalue weighted by Crippen LogP contribution is -2.67. The summed E-state index contributed by atoms with van der Waals surface area (Å²) >= 11 is 0. The first kappa shape index (κ1) is 13.9. The highest BCUT2D eigenvalue weighted by Gasteiger charge is 2.47. The second-order valence-electron chi connectivity index (χ2n) is 7.04. The summed E-state index contributed by atoms with van der Waals surface area (Å²) < 4.78 is 0. The van der Waals surface area contributed by atoms with E-state index in [4.69, 9.17) is 0 Å². The van der Waals surface area contributed by atoms with Crippen LogP contribution in [0.5, 0.6) is 0 Å². The summed E-state index contributed by atoms with van der Waals surface area (Å²) in [4.78, 5) is 26.8. The van der Waals surface area contributed by atoms with Crippen LogP contribution in [0.3, 0.4) is 0 Å². The van der Waals surface area contributed by atoms with Crippen LogP contribution in [0.15, 0.2) is 0 Å². The quantitative estimate of drug-likeness (QED) is 0.841. The molecule has 0 radical (unpaired) electrons. The van der Waals surface area contributed by atoms with Crippen molar-refractivity contribution >= 4 is 11.8 Å². The zero-order valence-electron chi connectivity index (χ0n) is 12.5. The average molecular weight is 278 g/mol. The molecule has 4 heteroatoms. The van der Waals surface area contributed by atoms with E-state index in [1.54, 1.807) is 0 Å². The molecule has 0 aromatic heterocycles. The molecular weight excluding hydrogens is 252 g/mol. The number of hydrogen-bond acceptors (Lipinski definition) is 2. The van der Waals surface area contributed by atoms with Crippen molar-refractivity contribution in [3.05, 3.63) is 0 Å². The van der Waals surface area contributed by atoms with Gasteiger partial charge in [0, 0.05) is 6.54 Å². The van der Waals surface area contributed by atoms with Crippen molar-refractivity contribution in [2.24, 2.45) is 11.8 Å². The summed E-state index contributed by atoms with van der Waals surface area (Å²) in [5, 5.41) is 3.02. The van der Waals surface area contributed by atoms with Gasteiger partial charge in [0.15, 0.2) is 0 Å². The minimum Gasteiger partial charge on any atom is -0.340 e. The summed E-state index contributed by atoms with van der Waals surface area (Å²) in [7, 11) is 0. The average Bonchev–Trinajstić information content (AvgIpc) is 2.82. The Morgan fingerprint density at radius 2 is 1.90 bits per heavy atom. The third-order valence-corrected chi connectivity index (χ3v) is 5.61. The second kappa shape index (κ2) is 5.38. The van der Waals surface area contributed by atoms with Gasteiger partial charge >= 0.3 is 0 Å². The fourth-order valence-corrected chi connectivity index (χ4v) is 4.33. The smallest absolute Gasteiger partial charge is 0.248 e. The van der Waals surface area contributed by atoms with Crippen LogP contribution in [-0.4, -0.2) is 35.3 Å². The SMILES string of the molecule is CC1CCCC1CN1CC(=O)NC2(CCCCC2)C1=O. The number of amides is 2. The first-order valence-electron chi connectivity index (χ1n) is 8.21. The Bertz CT molecular complexity index is 401. The monoisotopic (exact) mass is 278 g/mol. The Hall–Kier alpha value is -1.06. The maximum atomic E-state index is 12.9. The Kier molecular flexibility index (Phi) is 3.74. The van der Waals surface area contributed by atoms with Gasteiger partial charge in [0.1, 0.15) is 5.54 Å². The van der Waals surface area contributed by atoms with Gasteiger partial charge in [0.25, 0.3) is 0 Å². The van der Waals surface area contributed by atoms with E-state index in [1.807, 2.05) is 4.90 Å². The maximum Gasteiger partial charge on any atom is 0.248 e. The normalized spacial score (nSPS) is 33.5. The zero-order chi connectivity index (χ0) is 14.2. The molecule has 1 N–H and O–H groups in total. The second-order valence-corrected chi connectivity index (χ2v) is 7.04. The summed E-state index contributed by atoms with van der Waals surface area (Å²) in [6.07, 6.45) is 8.70. The van der Waals surface area contributed by atoms with Crippen molar-refractivity contribution in [2.45, 2.75) is 63.8 Å². The highest BCUT2D eigenvalue weighted by molar-refractivity contribution is 5.98. The van der Waals surface area contributed by atoms with Crippen molar-refractivity contribution in [1.82, 2.24) is 10.2 Å². The third kappa shape index (κ3) is 2.45. The van der Waals surface area contributed by atoms with Crippen LogP contribution in [0, 0.1) is 11.8 Å². The maximum absolute atomic E-state index is 12.9. The Morgan fingerprint density at radius 1 is 1.15 bits per heavy atom. The number of hydrogen-bond donors (Lipinski definition) is 1. The molecule has 1 spiro atoms. The van der Waals surface area contributed by atoms with Crippen molar-refractivity contribution in [2.75, 3.05) is 13.1 Å². The van der Waals surface area contributed by atoms with Crippen molar-refractivity contribution in [3.63, 3.8) is 0 Å². The van der Waals surface area contributed by atoms with Crippen LogP contribution >= 0.6 is 0 Å². The van der Waals surface area contributed by atoms with Crippen molar-refractivity contribution in [3.8, 4) is 0 Å². The molecule has 2 amide bonds. The molecule has 3 aliphatic rings. The number of piperazine rings is 1. The molecule has 1 saturated heterocycles. The summed E-state index contributed by atoms with van der Waals surface area (Å²) in [5.74, 6) is 1.51. The van der Waals surface area contributed by atoms with Gasteiger partial charge in [-0.1, -0.05) is 39.0 Å². The number of carbonyl (C=O) groups excluding carboxylic acids is 2. The minimum atomic E-state index is -0.560. The van der Waals surface area contributed by atoms with Crippen LogP contribution in [0.1, 0.15) is 58.3 Å². The molecule has 112 valence electrons. The fourth-order valence-electron chi connectivity index (χ4n) is 4.33. The lowest BCUT2D eigenvalue weighted by molar-refractivity contribution is -0.152. The van der Waals surface area contributed by atoms with E-state index in [0.717, 1.165) is 32.2 Å². The van der Waals surface area contributed by atoms with Gasteiger partial charge in [0.05, 0.1) is 6.54 Å². The van der Waals surface area contributed by atoms with Crippen LogP contribution in [0.25, 0.3) is 0 Å². The molecule has 20 heavy (non-hydrogen) atoms. The predicted molar refractivity (Wildman–Crippen MR) is 77.0 cm³/mol. The summed E-state index contributed by atoms with van der Waals surface area (Å²) in [5.41, 5.74) is -0.560. The molecule has 0 aromatic rings. The molecule has 4 nitrogen and oxygen atoms in total. The van der Waals surface area contributed by atoms with Crippen LogP contribution in [0.4, 0.5) is 0 Å². The molecule has 2 atom stereocenters. The van der Waals surface area contributed by atoms with Crippen LogP contribution in [0.2, 0.25) is 0 Å². The van der Waals surface area contributed by atoms with Crippen molar-refractivity contribution in [1.29, 1.82) is 0 Å². The van der Waals surface area contributed by atoms with Gasteiger partial charge < -0.3 is 10.2 Å². The highest BCUT2D eigenvalue weighted by atomic mass is 16.2. The zero-order valence-corrected chi connectivity index (χ0v) is 12.5. The molecule has 0 bridgehead atoms. The number of carbonyl (C=O) groups is 2. The van der Waals surface area contributed by atoms with Gasteiger partial charge in [-0.15, -0.1) is 0 Å². The topological polar surface area (TPSA) is 49.4 Å². The van der Waals surface area contributed by atoms with Gasteiger partial charge in [-0.05, 0) is 31.1 Å². The van der Waals surface area contributed by atoms with E-state index in [1.165, 1.54) is 25.7 Å². The van der Waals surface area contributed by atoms with E-state index >= 15 is 0 Å². The largest absolute Gasteiger partial charge is 0.340 e. The molecule has 2 unspecified atom stereocenters. The summed E-state index contributed by atoms with van der Waals surface area (Å²) in [6, 6.07) is 0. The van der Waals surface area contributed by atoms with E-state index in [-0.39, 0.29) is 18.4 Å². The number of nitrogens with one attached hydrogen (secondary N) is 1. The van der Waals surface area contributed by atoms with Crippen LogP contribution in [-0.2, 0) is 9.59 Å². The standard InChI is InChI=1S/C16H26N2O2/c1-12-6-5-7-13(12)10-18-11-14(19)17-16(15(18)20)8-3-2-4-9-16/h12-13H,2-11H2,1H3,(H,17,19). The Labute approximate surface area is 121 Å². The molecular formula is C16H26N2O2. The lowest BCUT2D eigenvalue weighted by atomic mass is 9.79. The molecule has 2 aliphatic carbocycles. The molecule has 3 rings (SSSR count). The fraction of sp³-hybridized carbons (Fsp3) is 0.875.